The first-order valence-corrected chi connectivity index (χ1v) is 7.66. The number of hydrogen-bond acceptors (Lipinski definition) is 8. The maximum atomic E-state index is 11.9. The molecule has 1 saturated carbocycles. The number of ether oxygens (including phenoxy) is 4. The molecule has 3 saturated heterocycles. The van der Waals surface area contributed by atoms with E-state index in [4.69, 9.17) is 18.9 Å². The molecule has 8 heteroatoms. The second-order valence-corrected chi connectivity index (χ2v) is 7.27. The third-order valence-corrected chi connectivity index (χ3v) is 6.77. The van der Waals surface area contributed by atoms with Crippen molar-refractivity contribution in [2.45, 2.75) is 56.6 Å². The molecule has 8 nitrogen and oxygen atoms in total. The van der Waals surface area contributed by atoms with E-state index in [9.17, 15) is 19.8 Å². The minimum Gasteiger partial charge on any atom is -0.456 e. The number of aliphatic hydroxyl groups is 2. The van der Waals surface area contributed by atoms with Crippen molar-refractivity contribution in [2.24, 2.45) is 17.3 Å². The van der Waals surface area contributed by atoms with Gasteiger partial charge in [0.15, 0.2) is 12.2 Å². The molecule has 4 aliphatic rings. The van der Waals surface area contributed by atoms with E-state index in [0.717, 1.165) is 0 Å². The number of fused-ring (bicyclic) bond motifs is 5. The summed E-state index contributed by atoms with van der Waals surface area (Å²) in [6.07, 6.45) is -4.18. The number of carbonyl (C=O) groups excluding carboxylic acids is 2. The van der Waals surface area contributed by atoms with Gasteiger partial charge in [-0.2, -0.15) is 0 Å². The molecule has 23 heavy (non-hydrogen) atoms. The molecule has 0 amide bonds. The molecule has 0 aromatic heterocycles. The zero-order valence-electron chi connectivity index (χ0n) is 13.3. The van der Waals surface area contributed by atoms with Crippen molar-refractivity contribution < 1.29 is 38.7 Å². The van der Waals surface area contributed by atoms with Crippen molar-refractivity contribution >= 4 is 11.9 Å². The highest BCUT2D eigenvalue weighted by atomic mass is 16.7. The molecule has 0 aromatic carbocycles. The summed E-state index contributed by atoms with van der Waals surface area (Å²) < 4.78 is 21.7. The highest BCUT2D eigenvalue weighted by Crippen LogP contribution is 2.69. The van der Waals surface area contributed by atoms with Gasteiger partial charge < -0.3 is 29.2 Å². The quantitative estimate of drug-likeness (QED) is 0.587. The first kappa shape index (κ1) is 15.3. The van der Waals surface area contributed by atoms with Crippen molar-refractivity contribution in [3.05, 3.63) is 0 Å². The summed E-state index contributed by atoms with van der Waals surface area (Å²) in [4.78, 5) is 23.9. The maximum Gasteiger partial charge on any atom is 0.338 e. The average Bonchev–Trinajstić information content (AvgIpc) is 3.05. The zero-order valence-corrected chi connectivity index (χ0v) is 13.3. The molecule has 0 aromatic rings. The maximum absolute atomic E-state index is 11.9. The van der Waals surface area contributed by atoms with Crippen LogP contribution in [0.1, 0.15) is 20.8 Å². The standard InChI is InChI=1S/C15H20O8/c1-5-10(17)21-9-8(16)13(2)6-7(20-4)11(18)22-12(6)23-14(13,3)15(5,9)19/h5-9,12,16,19H,1-4H3/t5-,6?,7-,8+,9?,12?,13?,14?,15-/m1/s1. The molecule has 2 N–H and O–H groups in total. The molecule has 0 spiro atoms. The third kappa shape index (κ3) is 1.28. The molecule has 9 atom stereocenters. The van der Waals surface area contributed by atoms with Gasteiger partial charge in [0.1, 0.15) is 17.3 Å². The predicted molar refractivity (Wildman–Crippen MR) is 71.8 cm³/mol. The second kappa shape index (κ2) is 4.05. The van der Waals surface area contributed by atoms with E-state index >= 15 is 0 Å². The summed E-state index contributed by atoms with van der Waals surface area (Å²) >= 11 is 0. The Morgan fingerprint density at radius 1 is 1.17 bits per heavy atom. The summed E-state index contributed by atoms with van der Waals surface area (Å²) in [5.41, 5.74) is -4.13. The molecule has 0 radical (unpaired) electrons. The molecule has 4 fully saturated rings. The Morgan fingerprint density at radius 2 is 1.83 bits per heavy atom. The molecule has 1 aliphatic carbocycles. The molecule has 5 unspecified atom stereocenters. The lowest BCUT2D eigenvalue weighted by Crippen LogP contribution is -2.60. The Bertz CT molecular complexity index is 606. The Kier molecular flexibility index (Phi) is 2.70. The lowest BCUT2D eigenvalue weighted by molar-refractivity contribution is -0.232. The van der Waals surface area contributed by atoms with Crippen molar-refractivity contribution in [3.63, 3.8) is 0 Å². The molecule has 4 rings (SSSR count). The van der Waals surface area contributed by atoms with Gasteiger partial charge in [-0.3, -0.25) is 4.79 Å². The van der Waals surface area contributed by atoms with Gasteiger partial charge in [-0.25, -0.2) is 4.79 Å². The van der Waals surface area contributed by atoms with E-state index in [-0.39, 0.29) is 0 Å². The zero-order chi connectivity index (χ0) is 16.9. The van der Waals surface area contributed by atoms with Gasteiger partial charge in [-0.1, -0.05) is 6.92 Å². The van der Waals surface area contributed by atoms with Crippen LogP contribution in [0.4, 0.5) is 0 Å². The van der Waals surface area contributed by atoms with Gasteiger partial charge in [0.05, 0.1) is 11.8 Å². The predicted octanol–water partition coefficient (Wildman–Crippen LogP) is -1.04. The van der Waals surface area contributed by atoms with Crippen molar-refractivity contribution in [3.8, 4) is 0 Å². The van der Waals surface area contributed by atoms with Crippen LogP contribution in [-0.2, 0) is 28.5 Å². The largest absolute Gasteiger partial charge is 0.456 e. The molecule has 0 bridgehead atoms. The van der Waals surface area contributed by atoms with Crippen LogP contribution in [0.25, 0.3) is 0 Å². The lowest BCUT2D eigenvalue weighted by Gasteiger charge is -2.44. The van der Waals surface area contributed by atoms with Gasteiger partial charge in [0, 0.05) is 12.5 Å². The number of methoxy groups -OCH3 is 1. The first-order valence-electron chi connectivity index (χ1n) is 7.66. The molecule has 3 heterocycles. The smallest absolute Gasteiger partial charge is 0.338 e. The topological polar surface area (TPSA) is 112 Å². The fraction of sp³-hybridized carbons (Fsp3) is 0.867. The van der Waals surface area contributed by atoms with Crippen LogP contribution < -0.4 is 0 Å². The van der Waals surface area contributed by atoms with Crippen molar-refractivity contribution in [2.75, 3.05) is 7.11 Å². The molecule has 3 aliphatic heterocycles. The summed E-state index contributed by atoms with van der Waals surface area (Å²) in [6.45, 7) is 4.89. The van der Waals surface area contributed by atoms with Crippen LogP contribution in [0.3, 0.4) is 0 Å². The third-order valence-electron chi connectivity index (χ3n) is 6.77. The number of carbonyl (C=O) groups is 2. The minimum absolute atomic E-state index is 0.563. The summed E-state index contributed by atoms with van der Waals surface area (Å²) in [5, 5.41) is 22.2. The van der Waals surface area contributed by atoms with Gasteiger partial charge in [-0.05, 0) is 13.8 Å². The summed E-state index contributed by atoms with van der Waals surface area (Å²) in [6, 6.07) is 0. The van der Waals surface area contributed by atoms with Crippen LogP contribution >= 0.6 is 0 Å². The monoisotopic (exact) mass is 328 g/mol. The fourth-order valence-electron chi connectivity index (χ4n) is 5.21. The van der Waals surface area contributed by atoms with Gasteiger partial charge in [0.2, 0.25) is 6.29 Å². The van der Waals surface area contributed by atoms with Gasteiger partial charge in [-0.15, -0.1) is 0 Å². The van der Waals surface area contributed by atoms with E-state index in [2.05, 4.69) is 0 Å². The minimum atomic E-state index is -1.71. The van der Waals surface area contributed by atoms with Crippen LogP contribution in [0.2, 0.25) is 0 Å². The normalized spacial score (nSPS) is 60.3. The van der Waals surface area contributed by atoms with Crippen LogP contribution in [0.5, 0.6) is 0 Å². The molecular weight excluding hydrogens is 308 g/mol. The Balaban J connectivity index is 1.88. The number of rotatable bonds is 1. The van der Waals surface area contributed by atoms with Crippen LogP contribution in [0.15, 0.2) is 0 Å². The second-order valence-electron chi connectivity index (χ2n) is 7.27. The lowest BCUT2D eigenvalue weighted by atomic mass is 9.63. The van der Waals surface area contributed by atoms with Crippen molar-refractivity contribution in [1.82, 2.24) is 0 Å². The first-order chi connectivity index (χ1) is 10.6. The van der Waals surface area contributed by atoms with Crippen LogP contribution in [0, 0.1) is 17.3 Å². The van der Waals surface area contributed by atoms with E-state index < -0.39 is 65.0 Å². The average molecular weight is 328 g/mol. The van der Waals surface area contributed by atoms with Crippen molar-refractivity contribution in [1.29, 1.82) is 0 Å². The number of aliphatic hydroxyl groups excluding tert-OH is 1. The van der Waals surface area contributed by atoms with Crippen LogP contribution in [-0.4, -0.2) is 65.1 Å². The van der Waals surface area contributed by atoms with E-state index in [1.807, 2.05) is 0 Å². The molecule has 128 valence electrons. The Morgan fingerprint density at radius 3 is 2.43 bits per heavy atom. The number of hydrogen-bond donors (Lipinski definition) is 2. The highest BCUT2D eigenvalue weighted by Gasteiger charge is 2.87. The Hall–Kier alpha value is -1.22. The van der Waals surface area contributed by atoms with E-state index in [1.54, 1.807) is 20.8 Å². The van der Waals surface area contributed by atoms with Gasteiger partial charge in [0.25, 0.3) is 0 Å². The summed E-state index contributed by atoms with van der Waals surface area (Å²) in [5.74, 6) is -2.63. The number of esters is 2. The molecular formula is C15H20O8. The summed E-state index contributed by atoms with van der Waals surface area (Å²) in [7, 11) is 1.38. The van der Waals surface area contributed by atoms with E-state index in [1.165, 1.54) is 7.11 Å². The fourth-order valence-corrected chi connectivity index (χ4v) is 5.21. The SMILES string of the molecule is CO[C@H]1C(=O)OC2OC3(C)C(C)(C21)[C@@H](O)C1OC(=O)[C@@H](C)[C@@]13O. The Labute approximate surface area is 132 Å². The van der Waals surface area contributed by atoms with E-state index in [0.29, 0.717) is 0 Å². The van der Waals surface area contributed by atoms with Gasteiger partial charge >= 0.3 is 11.9 Å². The highest BCUT2D eigenvalue weighted by molar-refractivity contribution is 5.80.